The van der Waals surface area contributed by atoms with E-state index in [0.29, 0.717) is 17.2 Å². The van der Waals surface area contributed by atoms with E-state index in [1.54, 1.807) is 0 Å². The van der Waals surface area contributed by atoms with Gasteiger partial charge >= 0.3 is 0 Å². The maximum Gasteiger partial charge on any atom is 0.157 e. The summed E-state index contributed by atoms with van der Waals surface area (Å²) in [6.07, 6.45) is 13.6. The Morgan fingerprint density at radius 1 is 1.07 bits per heavy atom. The molecule has 3 fully saturated rings. The van der Waals surface area contributed by atoms with Gasteiger partial charge in [-0.15, -0.1) is 0 Å². The first-order chi connectivity index (χ1) is 13.7. The Balaban J connectivity index is 1.54. The number of nitrogens with one attached hydrogen (secondary N) is 1. The number of fused-ring (bicyclic) bond motifs is 5. The molecule has 2 saturated carbocycles. The molecule has 1 heterocycles. The lowest BCUT2D eigenvalue weighted by Gasteiger charge is -2.60. The minimum atomic E-state index is 0.202. The lowest BCUT2D eigenvalue weighted by Crippen LogP contribution is -2.60. The van der Waals surface area contributed by atoms with Gasteiger partial charge in [0.2, 0.25) is 0 Å². The third-order valence-corrected chi connectivity index (χ3v) is 10.1. The van der Waals surface area contributed by atoms with Crippen molar-refractivity contribution in [1.29, 1.82) is 0 Å². The standard InChI is InChI=1S/C27H45NO/c1-17(2)8-7-9-18(3)21-10-11-22-25-19(4)28-24-16-20(29)12-14-27(24,6)23(25)13-15-26(21,22)5/h16-19,21-23,25,28H,7-15H2,1-6H3/t18?,19-,21?,22?,23?,25?,26+,27+/m0/s1. The van der Waals surface area contributed by atoms with Crippen LogP contribution in [0.25, 0.3) is 0 Å². The van der Waals surface area contributed by atoms with Gasteiger partial charge in [0.1, 0.15) is 0 Å². The molecule has 29 heavy (non-hydrogen) atoms. The molecular weight excluding hydrogens is 354 g/mol. The van der Waals surface area contributed by atoms with Gasteiger partial charge in [-0.2, -0.15) is 0 Å². The number of piperidine rings is 1. The predicted molar refractivity (Wildman–Crippen MR) is 121 cm³/mol. The molecule has 4 rings (SSSR count). The Bertz CT molecular complexity index is 665. The number of hydrogen-bond donors (Lipinski definition) is 1. The second-order valence-corrected chi connectivity index (χ2v) is 12.2. The van der Waals surface area contributed by atoms with Crippen molar-refractivity contribution in [3.05, 3.63) is 11.8 Å². The summed E-state index contributed by atoms with van der Waals surface area (Å²) < 4.78 is 0. The highest BCUT2D eigenvalue weighted by molar-refractivity contribution is 5.91. The van der Waals surface area contributed by atoms with Crippen molar-refractivity contribution in [1.82, 2.24) is 5.32 Å². The lowest BCUT2D eigenvalue weighted by atomic mass is 9.48. The molecule has 164 valence electrons. The molecule has 1 N–H and O–H groups in total. The molecule has 4 aliphatic rings. The molecule has 8 atom stereocenters. The van der Waals surface area contributed by atoms with Gasteiger partial charge < -0.3 is 5.32 Å². The van der Waals surface area contributed by atoms with E-state index >= 15 is 0 Å². The minimum Gasteiger partial charge on any atom is -0.385 e. The zero-order valence-electron chi connectivity index (χ0n) is 19.9. The van der Waals surface area contributed by atoms with Crippen molar-refractivity contribution >= 4 is 5.78 Å². The van der Waals surface area contributed by atoms with Crippen molar-refractivity contribution in [2.24, 2.45) is 46.3 Å². The van der Waals surface area contributed by atoms with E-state index in [-0.39, 0.29) is 5.41 Å². The molecule has 0 bridgehead atoms. The monoisotopic (exact) mass is 399 g/mol. The highest BCUT2D eigenvalue weighted by Crippen LogP contribution is 2.66. The summed E-state index contributed by atoms with van der Waals surface area (Å²) in [5.41, 5.74) is 1.99. The van der Waals surface area contributed by atoms with Crippen LogP contribution in [0.4, 0.5) is 0 Å². The molecule has 0 spiro atoms. The van der Waals surface area contributed by atoms with E-state index in [1.807, 2.05) is 6.08 Å². The van der Waals surface area contributed by atoms with Crippen molar-refractivity contribution in [2.75, 3.05) is 0 Å². The number of carbonyl (C=O) groups is 1. The number of carbonyl (C=O) groups excluding carboxylic acids is 1. The quantitative estimate of drug-likeness (QED) is 0.554. The fraction of sp³-hybridized carbons (Fsp3) is 0.889. The van der Waals surface area contributed by atoms with Crippen LogP contribution in [0.5, 0.6) is 0 Å². The largest absolute Gasteiger partial charge is 0.385 e. The Morgan fingerprint density at radius 2 is 1.83 bits per heavy atom. The smallest absolute Gasteiger partial charge is 0.157 e. The average molecular weight is 400 g/mol. The van der Waals surface area contributed by atoms with Crippen LogP contribution in [-0.4, -0.2) is 11.8 Å². The minimum absolute atomic E-state index is 0.202. The fourth-order valence-corrected chi connectivity index (χ4v) is 8.51. The first kappa shape index (κ1) is 21.4. The number of ketones is 1. The topological polar surface area (TPSA) is 29.1 Å². The first-order valence-corrected chi connectivity index (χ1v) is 12.7. The van der Waals surface area contributed by atoms with Crippen molar-refractivity contribution in [3.8, 4) is 0 Å². The molecule has 0 radical (unpaired) electrons. The third-order valence-electron chi connectivity index (χ3n) is 10.1. The summed E-state index contributed by atoms with van der Waals surface area (Å²) in [6.45, 7) is 14.8. The summed E-state index contributed by atoms with van der Waals surface area (Å²) in [4.78, 5) is 12.1. The summed E-state index contributed by atoms with van der Waals surface area (Å²) in [5.74, 6) is 5.33. The van der Waals surface area contributed by atoms with Gasteiger partial charge in [-0.05, 0) is 80.0 Å². The van der Waals surface area contributed by atoms with Crippen LogP contribution in [0, 0.1) is 46.3 Å². The van der Waals surface area contributed by atoms with Crippen molar-refractivity contribution in [2.45, 2.75) is 105 Å². The van der Waals surface area contributed by atoms with E-state index in [1.165, 1.54) is 50.6 Å². The predicted octanol–water partition coefficient (Wildman–Crippen LogP) is 6.75. The van der Waals surface area contributed by atoms with Crippen LogP contribution in [0.1, 0.15) is 99.3 Å². The first-order valence-electron chi connectivity index (χ1n) is 12.7. The molecule has 0 aromatic heterocycles. The molecule has 2 heteroatoms. The Hall–Kier alpha value is -0.790. The highest BCUT2D eigenvalue weighted by atomic mass is 16.1. The molecule has 0 aromatic carbocycles. The number of hydrogen-bond acceptors (Lipinski definition) is 2. The second-order valence-electron chi connectivity index (χ2n) is 12.2. The Morgan fingerprint density at radius 3 is 2.55 bits per heavy atom. The summed E-state index contributed by atoms with van der Waals surface area (Å²) >= 11 is 0. The van der Waals surface area contributed by atoms with Gasteiger partial charge in [-0.1, -0.05) is 53.9 Å². The molecule has 3 aliphatic carbocycles. The Kier molecular flexibility index (Phi) is 5.71. The van der Waals surface area contributed by atoms with Gasteiger partial charge in [0.15, 0.2) is 5.78 Å². The fourth-order valence-electron chi connectivity index (χ4n) is 8.51. The van der Waals surface area contributed by atoms with Crippen LogP contribution >= 0.6 is 0 Å². The molecular formula is C27H45NO. The van der Waals surface area contributed by atoms with Crippen LogP contribution in [0.2, 0.25) is 0 Å². The zero-order chi connectivity index (χ0) is 21.0. The third kappa shape index (κ3) is 3.51. The summed E-state index contributed by atoms with van der Waals surface area (Å²) in [6, 6.07) is 0.504. The van der Waals surface area contributed by atoms with E-state index in [4.69, 9.17) is 0 Å². The maximum absolute atomic E-state index is 12.1. The van der Waals surface area contributed by atoms with E-state index in [0.717, 1.165) is 48.3 Å². The summed E-state index contributed by atoms with van der Waals surface area (Å²) in [7, 11) is 0. The molecule has 1 saturated heterocycles. The number of allylic oxidation sites excluding steroid dienone is 2. The zero-order valence-corrected chi connectivity index (χ0v) is 19.9. The lowest BCUT2D eigenvalue weighted by molar-refractivity contribution is -0.118. The maximum atomic E-state index is 12.1. The van der Waals surface area contributed by atoms with E-state index < -0.39 is 0 Å². The van der Waals surface area contributed by atoms with Gasteiger partial charge in [0.25, 0.3) is 0 Å². The van der Waals surface area contributed by atoms with Crippen LogP contribution < -0.4 is 5.32 Å². The normalized spacial score (nSPS) is 45.1. The molecule has 0 amide bonds. The van der Waals surface area contributed by atoms with Gasteiger partial charge in [-0.3, -0.25) is 4.79 Å². The van der Waals surface area contributed by atoms with Crippen molar-refractivity contribution < 1.29 is 4.79 Å². The molecule has 5 unspecified atom stereocenters. The second kappa shape index (κ2) is 7.72. The summed E-state index contributed by atoms with van der Waals surface area (Å²) in [5, 5.41) is 3.85. The number of rotatable bonds is 5. The van der Waals surface area contributed by atoms with Crippen LogP contribution in [0.15, 0.2) is 11.8 Å². The van der Waals surface area contributed by atoms with Crippen LogP contribution in [-0.2, 0) is 4.79 Å². The van der Waals surface area contributed by atoms with Gasteiger partial charge in [-0.25, -0.2) is 0 Å². The van der Waals surface area contributed by atoms with E-state index in [2.05, 4.69) is 46.9 Å². The van der Waals surface area contributed by atoms with Crippen LogP contribution in [0.3, 0.4) is 0 Å². The van der Waals surface area contributed by atoms with Gasteiger partial charge in [0.05, 0.1) is 0 Å². The highest BCUT2D eigenvalue weighted by Gasteiger charge is 2.61. The van der Waals surface area contributed by atoms with Crippen molar-refractivity contribution in [3.63, 3.8) is 0 Å². The SMILES string of the molecule is CC(C)CCCC(C)C1CCC2C3C(CC[C@]12C)[C@@]1(C)CCC(=O)C=C1N[C@H]3C. The Labute approximate surface area is 179 Å². The molecule has 0 aromatic rings. The molecule has 1 aliphatic heterocycles. The average Bonchev–Trinajstić information content (AvgIpc) is 3.00. The molecule has 2 nitrogen and oxygen atoms in total. The van der Waals surface area contributed by atoms with E-state index in [9.17, 15) is 4.79 Å². The van der Waals surface area contributed by atoms with Gasteiger partial charge in [0, 0.05) is 29.7 Å².